The van der Waals surface area contributed by atoms with Crippen molar-refractivity contribution in [1.29, 1.82) is 0 Å². The van der Waals surface area contributed by atoms with Crippen LogP contribution in [-0.2, 0) is 20.0 Å². The highest BCUT2D eigenvalue weighted by molar-refractivity contribution is 7.89. The molecule has 2 heterocycles. The van der Waals surface area contributed by atoms with Gasteiger partial charge in [-0.15, -0.1) is 0 Å². The molecule has 206 valence electrons. The second kappa shape index (κ2) is 11.2. The summed E-state index contributed by atoms with van der Waals surface area (Å²) >= 11 is 0. The Kier molecular flexibility index (Phi) is 7.68. The lowest BCUT2D eigenvalue weighted by Gasteiger charge is -2.06. The normalized spacial score (nSPS) is 12.1. The minimum Gasteiger partial charge on any atom is -0.277 e. The van der Waals surface area contributed by atoms with Crippen LogP contribution in [0.25, 0.3) is 45.0 Å². The summed E-state index contributed by atoms with van der Waals surface area (Å²) in [5.74, 6) is 0. The lowest BCUT2D eigenvalue weighted by molar-refractivity contribution is 0.582. The highest BCUT2D eigenvalue weighted by atomic mass is 32.2. The summed E-state index contributed by atoms with van der Waals surface area (Å²) < 4.78 is 54.7. The molecular formula is C28H28N6O4S2. The number of H-pyrrole nitrogens is 2. The van der Waals surface area contributed by atoms with Crippen LogP contribution in [0.4, 0.5) is 0 Å². The number of rotatable bonds is 10. The molecule has 5 rings (SSSR count). The van der Waals surface area contributed by atoms with E-state index >= 15 is 0 Å². The standard InChI is InChI=1S/C28H28N6O4S2/c1-3-29-39(35,36)23-12-6-10-21(15-23)27-17-25(31-33-27)19-8-5-9-20(14-19)26-18-28(34-32-26)22-11-7-13-24(16-22)40(37,38)30-4-2/h5-18,29-30H,3-4H2,1-2H3,(H,31,33)(H,32,34). The van der Waals surface area contributed by atoms with Gasteiger partial charge < -0.3 is 0 Å². The average Bonchev–Trinajstić information content (AvgIpc) is 3.64. The first-order chi connectivity index (χ1) is 19.2. The van der Waals surface area contributed by atoms with Crippen molar-refractivity contribution in [3.63, 3.8) is 0 Å². The minimum atomic E-state index is -3.58. The molecule has 0 unspecified atom stereocenters. The summed E-state index contributed by atoms with van der Waals surface area (Å²) in [5.41, 5.74) is 5.84. The van der Waals surface area contributed by atoms with Crippen LogP contribution in [0.2, 0.25) is 0 Å². The number of hydrogen-bond donors (Lipinski definition) is 4. The molecule has 0 fully saturated rings. The third kappa shape index (κ3) is 5.75. The summed E-state index contributed by atoms with van der Waals surface area (Å²) in [4.78, 5) is 0.369. The van der Waals surface area contributed by atoms with Crippen molar-refractivity contribution in [2.75, 3.05) is 13.1 Å². The molecule has 0 atom stereocenters. The Hall–Kier alpha value is -4.10. The van der Waals surface area contributed by atoms with E-state index in [1.165, 1.54) is 0 Å². The van der Waals surface area contributed by atoms with E-state index in [1.807, 2.05) is 48.5 Å². The molecule has 0 aliphatic carbocycles. The number of aromatic amines is 2. The maximum atomic E-state index is 12.4. The van der Waals surface area contributed by atoms with E-state index in [2.05, 4.69) is 29.8 Å². The lowest BCUT2D eigenvalue weighted by atomic mass is 10.0. The molecule has 0 spiro atoms. The fourth-order valence-electron chi connectivity index (χ4n) is 4.28. The van der Waals surface area contributed by atoms with Crippen molar-refractivity contribution in [2.45, 2.75) is 23.6 Å². The molecule has 10 nitrogen and oxygen atoms in total. The molecule has 0 amide bonds. The predicted octanol–water partition coefficient (Wildman–Crippen LogP) is 4.40. The fourth-order valence-corrected chi connectivity index (χ4v) is 6.45. The number of nitrogens with zero attached hydrogens (tertiary/aromatic N) is 2. The van der Waals surface area contributed by atoms with Crippen LogP contribution in [0.5, 0.6) is 0 Å². The van der Waals surface area contributed by atoms with Gasteiger partial charge >= 0.3 is 0 Å². The quantitative estimate of drug-likeness (QED) is 0.194. The number of sulfonamides is 2. The topological polar surface area (TPSA) is 150 Å². The predicted molar refractivity (Wildman–Crippen MR) is 154 cm³/mol. The Morgan fingerprint density at radius 1 is 0.575 bits per heavy atom. The van der Waals surface area contributed by atoms with Crippen molar-refractivity contribution in [1.82, 2.24) is 29.8 Å². The minimum absolute atomic E-state index is 0.184. The monoisotopic (exact) mass is 576 g/mol. The molecule has 0 saturated carbocycles. The van der Waals surface area contributed by atoms with Gasteiger partial charge in [-0.05, 0) is 42.5 Å². The molecule has 3 aromatic carbocycles. The molecule has 40 heavy (non-hydrogen) atoms. The van der Waals surface area contributed by atoms with E-state index < -0.39 is 20.0 Å². The summed E-state index contributed by atoms with van der Waals surface area (Å²) in [6.45, 7) is 4.08. The Morgan fingerprint density at radius 2 is 0.975 bits per heavy atom. The van der Waals surface area contributed by atoms with Gasteiger partial charge in [0.1, 0.15) is 0 Å². The van der Waals surface area contributed by atoms with Crippen LogP contribution < -0.4 is 9.44 Å². The zero-order valence-electron chi connectivity index (χ0n) is 21.8. The van der Waals surface area contributed by atoms with Crippen molar-refractivity contribution in [3.05, 3.63) is 84.9 Å². The van der Waals surface area contributed by atoms with Crippen LogP contribution >= 0.6 is 0 Å². The molecule has 0 radical (unpaired) electrons. The zero-order valence-corrected chi connectivity index (χ0v) is 23.5. The SMILES string of the molecule is CCNS(=O)(=O)c1cccc(-c2cc(-c3cccc(-c4cc(-c5cccc(S(=O)(=O)NCC)c5)[nH]n4)c3)n[nH]2)c1. The van der Waals surface area contributed by atoms with Gasteiger partial charge in [-0.3, -0.25) is 10.2 Å². The molecule has 0 aliphatic heterocycles. The third-order valence-electron chi connectivity index (χ3n) is 6.19. The molecule has 0 bridgehead atoms. The van der Waals surface area contributed by atoms with Crippen LogP contribution in [0.15, 0.2) is 94.7 Å². The largest absolute Gasteiger partial charge is 0.277 e. The van der Waals surface area contributed by atoms with Gasteiger partial charge in [-0.25, -0.2) is 26.3 Å². The van der Waals surface area contributed by atoms with Crippen LogP contribution in [-0.4, -0.2) is 50.3 Å². The summed E-state index contributed by atoms with van der Waals surface area (Å²) in [5, 5.41) is 14.9. The molecule has 12 heteroatoms. The number of aromatic nitrogens is 4. The third-order valence-corrected chi connectivity index (χ3v) is 9.28. The van der Waals surface area contributed by atoms with Gasteiger partial charge in [0.05, 0.1) is 32.6 Å². The highest BCUT2D eigenvalue weighted by Gasteiger charge is 2.16. The van der Waals surface area contributed by atoms with E-state index in [-0.39, 0.29) is 9.79 Å². The van der Waals surface area contributed by atoms with Crippen molar-refractivity contribution < 1.29 is 16.8 Å². The average molecular weight is 577 g/mol. The second-order valence-corrected chi connectivity index (χ2v) is 12.5. The molecule has 2 aromatic heterocycles. The van der Waals surface area contributed by atoms with Gasteiger partial charge in [0, 0.05) is 35.3 Å². The number of nitrogens with one attached hydrogen (secondary N) is 4. The maximum absolute atomic E-state index is 12.4. The van der Waals surface area contributed by atoms with E-state index in [4.69, 9.17) is 0 Å². The smallest absolute Gasteiger partial charge is 0.240 e. The Labute approximate surface area is 233 Å². The highest BCUT2D eigenvalue weighted by Crippen LogP contribution is 2.30. The summed E-state index contributed by atoms with van der Waals surface area (Å²) in [6, 6.07) is 24.8. The molecule has 0 saturated heterocycles. The van der Waals surface area contributed by atoms with Crippen LogP contribution in [0.1, 0.15) is 13.8 Å². The van der Waals surface area contributed by atoms with E-state index in [1.54, 1.807) is 50.2 Å². The van der Waals surface area contributed by atoms with E-state index in [0.717, 1.165) is 11.1 Å². The van der Waals surface area contributed by atoms with Gasteiger partial charge in [-0.2, -0.15) is 10.2 Å². The first-order valence-corrected chi connectivity index (χ1v) is 15.6. The number of benzene rings is 3. The maximum Gasteiger partial charge on any atom is 0.240 e. The van der Waals surface area contributed by atoms with Gasteiger partial charge in [0.15, 0.2) is 0 Å². The molecular weight excluding hydrogens is 548 g/mol. The summed E-state index contributed by atoms with van der Waals surface area (Å²) in [6.07, 6.45) is 0. The number of hydrogen-bond acceptors (Lipinski definition) is 6. The van der Waals surface area contributed by atoms with E-state index in [9.17, 15) is 16.8 Å². The first-order valence-electron chi connectivity index (χ1n) is 12.6. The van der Waals surface area contributed by atoms with Crippen molar-refractivity contribution >= 4 is 20.0 Å². The molecule has 5 aromatic rings. The van der Waals surface area contributed by atoms with Crippen molar-refractivity contribution in [2.24, 2.45) is 0 Å². The summed E-state index contributed by atoms with van der Waals surface area (Å²) in [7, 11) is -7.16. The van der Waals surface area contributed by atoms with Crippen molar-refractivity contribution in [3.8, 4) is 45.0 Å². The lowest BCUT2D eigenvalue weighted by Crippen LogP contribution is -2.23. The molecule has 4 N–H and O–H groups in total. The Morgan fingerprint density at radius 3 is 1.40 bits per heavy atom. The van der Waals surface area contributed by atoms with Gasteiger partial charge in [0.2, 0.25) is 20.0 Å². The van der Waals surface area contributed by atoms with E-state index in [0.29, 0.717) is 47.0 Å². The van der Waals surface area contributed by atoms with Crippen LogP contribution in [0, 0.1) is 0 Å². The Balaban J connectivity index is 1.41. The fraction of sp³-hybridized carbons (Fsp3) is 0.143. The first kappa shape index (κ1) is 27.5. The second-order valence-electron chi connectivity index (χ2n) is 8.97. The zero-order chi connectivity index (χ0) is 28.3. The Bertz CT molecular complexity index is 1740. The van der Waals surface area contributed by atoms with Gasteiger partial charge in [-0.1, -0.05) is 56.3 Å². The molecule has 0 aliphatic rings. The van der Waals surface area contributed by atoms with Gasteiger partial charge in [0.25, 0.3) is 0 Å². The van der Waals surface area contributed by atoms with Crippen LogP contribution in [0.3, 0.4) is 0 Å².